The van der Waals surface area contributed by atoms with Crippen LogP contribution in [-0.4, -0.2) is 52.7 Å². The van der Waals surface area contributed by atoms with Crippen LogP contribution in [0.15, 0.2) is 24.0 Å². The smallest absolute Gasteiger partial charge is 0.475 e. The van der Waals surface area contributed by atoms with Gasteiger partial charge in [-0.2, -0.15) is 17.5 Å². The first-order valence-corrected chi connectivity index (χ1v) is 10.9. The number of pyridine rings is 1. The maximum Gasteiger partial charge on any atom is 0.490 e. The number of carboxylic acids is 1. The Balaban J connectivity index is 0.000000370. The summed E-state index contributed by atoms with van der Waals surface area (Å²) in [4.78, 5) is 17.3. The zero-order valence-electron chi connectivity index (χ0n) is 15.2. The highest BCUT2D eigenvalue weighted by Gasteiger charge is 2.38. The van der Waals surface area contributed by atoms with Crippen LogP contribution >= 0.6 is 11.3 Å². The van der Waals surface area contributed by atoms with Crippen molar-refractivity contribution in [3.8, 4) is 0 Å². The molecule has 0 bridgehead atoms. The fraction of sp³-hybridized carbons (Fsp3) is 0.438. The minimum atomic E-state index is -5.08. The van der Waals surface area contributed by atoms with E-state index in [9.17, 15) is 21.6 Å². The van der Waals surface area contributed by atoms with Crippen LogP contribution in [0, 0.1) is 0 Å². The van der Waals surface area contributed by atoms with E-state index in [0.29, 0.717) is 32.7 Å². The van der Waals surface area contributed by atoms with Crippen molar-refractivity contribution in [3.05, 3.63) is 45.7 Å². The molecular weight excluding hydrogens is 435 g/mol. The number of nitrogens with zero attached hydrogens (tertiary/aromatic N) is 3. The van der Waals surface area contributed by atoms with Gasteiger partial charge in [-0.3, -0.25) is 4.98 Å². The number of hydrogen-bond donors (Lipinski definition) is 1. The van der Waals surface area contributed by atoms with Crippen molar-refractivity contribution < 1.29 is 36.2 Å². The van der Waals surface area contributed by atoms with Crippen molar-refractivity contribution in [3.63, 3.8) is 0 Å². The van der Waals surface area contributed by atoms with Gasteiger partial charge in [0.1, 0.15) is 5.01 Å². The quantitative estimate of drug-likeness (QED) is 0.739. The molecule has 1 aliphatic rings. The molecule has 0 aliphatic carbocycles. The lowest BCUT2D eigenvalue weighted by Crippen LogP contribution is -2.35. The van der Waals surface area contributed by atoms with Gasteiger partial charge in [-0.1, -0.05) is 0 Å². The number of hydrogen-bond acceptors (Lipinski definition) is 7. The lowest BCUT2D eigenvalue weighted by atomic mass is 9.99. The second kappa shape index (κ2) is 9.61. The van der Waals surface area contributed by atoms with Crippen molar-refractivity contribution in [2.45, 2.75) is 32.4 Å². The Hall–Kier alpha value is -2.09. The normalized spacial score (nSPS) is 14.6. The molecule has 0 atom stereocenters. The van der Waals surface area contributed by atoms with Crippen LogP contribution in [-0.2, 0) is 45.7 Å². The third-order valence-corrected chi connectivity index (χ3v) is 5.87. The van der Waals surface area contributed by atoms with Gasteiger partial charge in [-0.25, -0.2) is 18.2 Å². The van der Waals surface area contributed by atoms with Gasteiger partial charge in [0.15, 0.2) is 0 Å². The zero-order chi connectivity index (χ0) is 21.7. The Morgan fingerprint density at radius 3 is 2.59 bits per heavy atom. The summed E-state index contributed by atoms with van der Waals surface area (Å²) >= 11 is 1.56. The molecule has 8 nitrogen and oxygen atoms in total. The monoisotopic (exact) mass is 453 g/mol. The molecule has 1 aliphatic heterocycles. The number of carbonyl (C=O) groups is 1. The summed E-state index contributed by atoms with van der Waals surface area (Å²) in [5.74, 6) is -2.76. The molecule has 2 aromatic heterocycles. The van der Waals surface area contributed by atoms with Crippen molar-refractivity contribution in [2.24, 2.45) is 0 Å². The highest BCUT2D eigenvalue weighted by atomic mass is 32.2. The minimum Gasteiger partial charge on any atom is -0.475 e. The van der Waals surface area contributed by atoms with Gasteiger partial charge >= 0.3 is 12.1 Å². The van der Waals surface area contributed by atoms with Gasteiger partial charge < -0.3 is 9.84 Å². The van der Waals surface area contributed by atoms with Crippen LogP contribution in [0.3, 0.4) is 0 Å². The Morgan fingerprint density at radius 2 is 2.03 bits per heavy atom. The molecule has 1 N–H and O–H groups in total. The Kier molecular flexibility index (Phi) is 7.68. The summed E-state index contributed by atoms with van der Waals surface area (Å²) in [6.07, 6.45) is 2.16. The molecule has 2 aromatic rings. The van der Waals surface area contributed by atoms with Gasteiger partial charge in [0.25, 0.3) is 0 Å². The first-order chi connectivity index (χ1) is 13.5. The first kappa shape index (κ1) is 23.2. The standard InChI is InChI=1S/C14H17N3O3S2.C2HF3O2/c1-22(18,19)17-4-2-13-11(8-17)6-15-7-12(13)9-20-10-14-16-3-5-21-14;3-2(4,5)1(6)7/h3,5-7H,2,4,8-10H2,1H3;(H,6,7). The van der Waals surface area contributed by atoms with Gasteiger partial charge in [-0.05, 0) is 23.1 Å². The second-order valence-corrected chi connectivity index (χ2v) is 8.97. The maximum absolute atomic E-state index is 11.7. The van der Waals surface area contributed by atoms with E-state index in [2.05, 4.69) is 9.97 Å². The summed E-state index contributed by atoms with van der Waals surface area (Å²) in [5.41, 5.74) is 3.16. The summed E-state index contributed by atoms with van der Waals surface area (Å²) in [6, 6.07) is 0. The summed E-state index contributed by atoms with van der Waals surface area (Å²) in [5, 5.41) is 9.99. The Bertz CT molecular complexity index is 934. The van der Waals surface area contributed by atoms with Crippen LogP contribution in [0.4, 0.5) is 13.2 Å². The number of alkyl halides is 3. The van der Waals surface area contributed by atoms with Crippen LogP contribution < -0.4 is 0 Å². The second-order valence-electron chi connectivity index (χ2n) is 6.00. The predicted octanol–water partition coefficient (Wildman–Crippen LogP) is 2.21. The molecule has 0 unspecified atom stereocenters. The van der Waals surface area contributed by atoms with E-state index in [1.54, 1.807) is 29.9 Å². The molecule has 13 heteroatoms. The fourth-order valence-electron chi connectivity index (χ4n) is 2.52. The van der Waals surface area contributed by atoms with E-state index in [0.717, 1.165) is 21.7 Å². The molecule has 3 heterocycles. The lowest BCUT2D eigenvalue weighted by Gasteiger charge is -2.27. The third-order valence-electron chi connectivity index (χ3n) is 3.87. The van der Waals surface area contributed by atoms with E-state index in [-0.39, 0.29) is 0 Å². The van der Waals surface area contributed by atoms with E-state index >= 15 is 0 Å². The van der Waals surface area contributed by atoms with Crippen LogP contribution in [0.1, 0.15) is 21.7 Å². The number of ether oxygens (including phenoxy) is 1. The highest BCUT2D eigenvalue weighted by Crippen LogP contribution is 2.24. The van der Waals surface area contributed by atoms with Crippen LogP contribution in [0.5, 0.6) is 0 Å². The van der Waals surface area contributed by atoms with E-state index in [1.807, 2.05) is 5.38 Å². The molecule has 0 aromatic carbocycles. The molecule has 0 fully saturated rings. The average Bonchev–Trinajstić information content (AvgIpc) is 3.14. The number of sulfonamides is 1. The minimum absolute atomic E-state index is 0.390. The molecule has 3 rings (SSSR count). The Morgan fingerprint density at radius 1 is 1.34 bits per heavy atom. The number of halogens is 3. The number of aliphatic carboxylic acids is 1. The average molecular weight is 453 g/mol. The number of carboxylic acid groups (broad SMARTS) is 1. The maximum atomic E-state index is 11.7. The third kappa shape index (κ3) is 7.03. The Labute approximate surface area is 169 Å². The highest BCUT2D eigenvalue weighted by molar-refractivity contribution is 7.88. The number of thiazole rings is 1. The van der Waals surface area contributed by atoms with Gasteiger partial charge in [0.2, 0.25) is 10.0 Å². The van der Waals surface area contributed by atoms with E-state index in [4.69, 9.17) is 14.6 Å². The van der Waals surface area contributed by atoms with Crippen molar-refractivity contribution >= 4 is 27.3 Å². The van der Waals surface area contributed by atoms with Gasteiger partial charge in [-0.15, -0.1) is 11.3 Å². The molecule has 29 heavy (non-hydrogen) atoms. The van der Waals surface area contributed by atoms with Crippen LogP contribution in [0.2, 0.25) is 0 Å². The SMILES string of the molecule is CS(=O)(=O)N1CCc2c(COCc3nccs3)cncc2C1.O=C(O)C(F)(F)F. The van der Waals surface area contributed by atoms with Gasteiger partial charge in [0, 0.05) is 37.1 Å². The summed E-state index contributed by atoms with van der Waals surface area (Å²) in [7, 11) is -3.16. The molecule has 0 saturated heterocycles. The van der Waals surface area contributed by atoms with Crippen molar-refractivity contribution in [1.29, 1.82) is 0 Å². The molecule has 0 radical (unpaired) electrons. The topological polar surface area (TPSA) is 110 Å². The van der Waals surface area contributed by atoms with Crippen LogP contribution in [0.25, 0.3) is 0 Å². The molecule has 0 amide bonds. The number of rotatable bonds is 5. The first-order valence-electron chi connectivity index (χ1n) is 8.14. The van der Waals surface area contributed by atoms with Crippen molar-refractivity contribution in [2.75, 3.05) is 12.8 Å². The molecular formula is C16H18F3N3O5S2. The number of aromatic nitrogens is 2. The summed E-state index contributed by atoms with van der Waals surface area (Å²) in [6.45, 7) is 1.85. The fourth-order valence-corrected chi connectivity index (χ4v) is 3.87. The number of fused-ring (bicyclic) bond motifs is 1. The largest absolute Gasteiger partial charge is 0.490 e. The molecule has 0 spiro atoms. The van der Waals surface area contributed by atoms with E-state index in [1.165, 1.54) is 10.6 Å². The summed E-state index contributed by atoms with van der Waals surface area (Å²) < 4.78 is 62.2. The van der Waals surface area contributed by atoms with Crippen molar-refractivity contribution in [1.82, 2.24) is 14.3 Å². The lowest BCUT2D eigenvalue weighted by molar-refractivity contribution is -0.192. The zero-order valence-corrected chi connectivity index (χ0v) is 16.9. The van der Waals surface area contributed by atoms with Gasteiger partial charge in [0.05, 0.1) is 19.5 Å². The molecule has 0 saturated carbocycles. The molecule has 160 valence electrons. The predicted molar refractivity (Wildman–Crippen MR) is 97.5 cm³/mol. The van der Waals surface area contributed by atoms with E-state index < -0.39 is 22.2 Å².